The number of imidazole rings is 1. The normalized spacial score (nSPS) is 17.4. The van der Waals surface area contributed by atoms with Crippen molar-refractivity contribution in [2.45, 2.75) is 25.4 Å². The Labute approximate surface area is 117 Å². The Morgan fingerprint density at radius 1 is 1.40 bits per heavy atom. The topological polar surface area (TPSA) is 56.1 Å². The molecule has 0 fully saturated rings. The number of nitrogens with one attached hydrogen (secondary N) is 1. The molecule has 1 aliphatic heterocycles. The summed E-state index contributed by atoms with van der Waals surface area (Å²) < 4.78 is 7.22. The predicted octanol–water partition coefficient (Wildman–Crippen LogP) is 1.64. The molecule has 0 saturated heterocycles. The molecule has 1 aromatic carbocycles. The highest BCUT2D eigenvalue weighted by atomic mass is 16.5. The van der Waals surface area contributed by atoms with Crippen LogP contribution >= 0.6 is 0 Å². The number of hydrogen-bond acceptors (Lipinski definition) is 3. The van der Waals surface area contributed by atoms with E-state index < -0.39 is 0 Å². The lowest BCUT2D eigenvalue weighted by Crippen LogP contribution is -2.39. The van der Waals surface area contributed by atoms with Crippen LogP contribution in [0.25, 0.3) is 0 Å². The first kappa shape index (κ1) is 12.7. The van der Waals surface area contributed by atoms with E-state index in [0.29, 0.717) is 5.56 Å². The van der Waals surface area contributed by atoms with Gasteiger partial charge in [0.1, 0.15) is 5.75 Å². The molecule has 0 radical (unpaired) electrons. The number of aromatic nitrogens is 2. The number of amides is 1. The molecule has 1 aliphatic rings. The summed E-state index contributed by atoms with van der Waals surface area (Å²) in [5, 5.41) is 3.08. The first-order chi connectivity index (χ1) is 9.76. The number of fused-ring (bicyclic) bond motifs is 1. The zero-order valence-electron chi connectivity index (χ0n) is 11.4. The summed E-state index contributed by atoms with van der Waals surface area (Å²) in [5.74, 6) is 0.716. The van der Waals surface area contributed by atoms with E-state index in [2.05, 4.69) is 14.9 Å². The van der Waals surface area contributed by atoms with Crippen LogP contribution in [-0.2, 0) is 13.0 Å². The maximum Gasteiger partial charge on any atom is 0.251 e. The average molecular weight is 271 g/mol. The second kappa shape index (κ2) is 5.36. The quantitative estimate of drug-likeness (QED) is 0.923. The van der Waals surface area contributed by atoms with Gasteiger partial charge in [-0.05, 0) is 30.7 Å². The SMILES string of the molecule is COc1ccc(C(=O)NC2CCn3cncc3C2)cc1. The summed E-state index contributed by atoms with van der Waals surface area (Å²) in [7, 11) is 1.61. The molecule has 5 heteroatoms. The lowest BCUT2D eigenvalue weighted by Gasteiger charge is -2.24. The maximum absolute atomic E-state index is 12.2. The molecule has 1 aromatic heterocycles. The van der Waals surface area contributed by atoms with Crippen LogP contribution < -0.4 is 10.1 Å². The molecule has 0 aliphatic carbocycles. The molecule has 1 atom stereocenters. The number of benzene rings is 1. The van der Waals surface area contributed by atoms with Gasteiger partial charge < -0.3 is 14.6 Å². The van der Waals surface area contributed by atoms with Gasteiger partial charge in [0.05, 0.1) is 13.4 Å². The summed E-state index contributed by atoms with van der Waals surface area (Å²) in [4.78, 5) is 16.3. The third-order valence-corrected chi connectivity index (χ3v) is 3.66. The van der Waals surface area contributed by atoms with Gasteiger partial charge in [-0.3, -0.25) is 4.79 Å². The number of hydrogen-bond donors (Lipinski definition) is 1. The highest BCUT2D eigenvalue weighted by molar-refractivity contribution is 5.94. The number of rotatable bonds is 3. The molecule has 1 N–H and O–H groups in total. The van der Waals surface area contributed by atoms with Gasteiger partial charge in [0.25, 0.3) is 5.91 Å². The van der Waals surface area contributed by atoms with Crippen molar-refractivity contribution in [3.05, 3.63) is 48.0 Å². The Morgan fingerprint density at radius 2 is 2.20 bits per heavy atom. The van der Waals surface area contributed by atoms with Crippen LogP contribution in [0.2, 0.25) is 0 Å². The fourth-order valence-corrected chi connectivity index (χ4v) is 2.50. The minimum absolute atomic E-state index is 0.0365. The molecule has 20 heavy (non-hydrogen) atoms. The van der Waals surface area contributed by atoms with Crippen LogP contribution in [0.3, 0.4) is 0 Å². The van der Waals surface area contributed by atoms with Crippen LogP contribution in [0, 0.1) is 0 Å². The molecule has 2 heterocycles. The Bertz CT molecular complexity index is 604. The zero-order chi connectivity index (χ0) is 13.9. The number of ether oxygens (including phenoxy) is 1. The summed E-state index contributed by atoms with van der Waals surface area (Å²) in [6.45, 7) is 0.906. The third kappa shape index (κ3) is 2.52. The number of carbonyl (C=O) groups is 1. The standard InChI is InChI=1S/C15H17N3O2/c1-20-14-4-2-11(3-5-14)15(19)17-12-6-7-18-10-16-9-13(18)8-12/h2-5,9-10,12H,6-8H2,1H3,(H,17,19). The number of methoxy groups -OCH3 is 1. The molecule has 104 valence electrons. The van der Waals surface area contributed by atoms with E-state index in [1.54, 1.807) is 31.4 Å². The second-order valence-corrected chi connectivity index (χ2v) is 4.97. The number of nitrogens with zero attached hydrogens (tertiary/aromatic N) is 2. The lowest BCUT2D eigenvalue weighted by molar-refractivity contribution is 0.0931. The van der Waals surface area contributed by atoms with Crippen LogP contribution in [0.5, 0.6) is 5.75 Å². The highest BCUT2D eigenvalue weighted by Gasteiger charge is 2.20. The Balaban J connectivity index is 1.64. The van der Waals surface area contributed by atoms with E-state index in [9.17, 15) is 4.79 Å². The fourth-order valence-electron chi connectivity index (χ4n) is 2.50. The molecule has 5 nitrogen and oxygen atoms in total. The lowest BCUT2D eigenvalue weighted by atomic mass is 10.0. The highest BCUT2D eigenvalue weighted by Crippen LogP contribution is 2.16. The maximum atomic E-state index is 12.2. The van der Waals surface area contributed by atoms with Crippen molar-refractivity contribution >= 4 is 5.91 Å². The Morgan fingerprint density at radius 3 is 2.95 bits per heavy atom. The first-order valence-electron chi connectivity index (χ1n) is 6.70. The summed E-state index contributed by atoms with van der Waals surface area (Å²) in [6, 6.07) is 7.33. The van der Waals surface area contributed by atoms with Crippen molar-refractivity contribution in [3.8, 4) is 5.75 Å². The fraction of sp³-hybridized carbons (Fsp3) is 0.333. The third-order valence-electron chi connectivity index (χ3n) is 3.66. The summed E-state index contributed by atoms with van der Waals surface area (Å²) >= 11 is 0. The van der Waals surface area contributed by atoms with Gasteiger partial charge in [0, 0.05) is 36.5 Å². The largest absolute Gasteiger partial charge is 0.497 e. The first-order valence-corrected chi connectivity index (χ1v) is 6.70. The van der Waals surface area contributed by atoms with Crippen molar-refractivity contribution in [3.63, 3.8) is 0 Å². The molecule has 1 unspecified atom stereocenters. The van der Waals surface area contributed by atoms with Crippen LogP contribution in [0.1, 0.15) is 22.5 Å². The molecule has 0 bridgehead atoms. The smallest absolute Gasteiger partial charge is 0.251 e. The van der Waals surface area contributed by atoms with E-state index >= 15 is 0 Å². The van der Waals surface area contributed by atoms with Crippen LogP contribution in [0.15, 0.2) is 36.8 Å². The summed E-state index contributed by atoms with van der Waals surface area (Å²) in [6.07, 6.45) is 5.48. The van der Waals surface area contributed by atoms with E-state index in [1.807, 2.05) is 12.5 Å². The van der Waals surface area contributed by atoms with Gasteiger partial charge in [-0.1, -0.05) is 0 Å². The molecular weight excluding hydrogens is 254 g/mol. The monoisotopic (exact) mass is 271 g/mol. The van der Waals surface area contributed by atoms with Gasteiger partial charge in [-0.15, -0.1) is 0 Å². The van der Waals surface area contributed by atoms with Crippen molar-refractivity contribution < 1.29 is 9.53 Å². The van der Waals surface area contributed by atoms with Crippen molar-refractivity contribution in [2.24, 2.45) is 0 Å². The van der Waals surface area contributed by atoms with Gasteiger partial charge in [-0.2, -0.15) is 0 Å². The van der Waals surface area contributed by atoms with Gasteiger partial charge in [-0.25, -0.2) is 4.98 Å². The minimum atomic E-state index is -0.0365. The molecule has 0 saturated carbocycles. The number of carbonyl (C=O) groups excluding carboxylic acids is 1. The van der Waals surface area contributed by atoms with E-state index in [-0.39, 0.29) is 11.9 Å². The van der Waals surface area contributed by atoms with E-state index in [4.69, 9.17) is 4.74 Å². The molecule has 2 aromatic rings. The van der Waals surface area contributed by atoms with Crippen LogP contribution in [-0.4, -0.2) is 28.6 Å². The zero-order valence-corrected chi connectivity index (χ0v) is 11.4. The van der Waals surface area contributed by atoms with E-state index in [0.717, 1.165) is 25.1 Å². The van der Waals surface area contributed by atoms with Crippen molar-refractivity contribution in [1.29, 1.82) is 0 Å². The molecule has 0 spiro atoms. The molecular formula is C15H17N3O2. The molecule has 3 rings (SSSR count). The van der Waals surface area contributed by atoms with Gasteiger partial charge in [0.2, 0.25) is 0 Å². The molecule has 1 amide bonds. The minimum Gasteiger partial charge on any atom is -0.497 e. The van der Waals surface area contributed by atoms with Gasteiger partial charge >= 0.3 is 0 Å². The Kier molecular flexibility index (Phi) is 3.41. The van der Waals surface area contributed by atoms with Gasteiger partial charge in [0.15, 0.2) is 0 Å². The second-order valence-electron chi connectivity index (χ2n) is 4.97. The van der Waals surface area contributed by atoms with Crippen molar-refractivity contribution in [1.82, 2.24) is 14.9 Å². The predicted molar refractivity (Wildman–Crippen MR) is 74.8 cm³/mol. The Hall–Kier alpha value is -2.30. The average Bonchev–Trinajstić information content (AvgIpc) is 2.95. The summed E-state index contributed by atoms with van der Waals surface area (Å²) in [5.41, 5.74) is 1.83. The van der Waals surface area contributed by atoms with E-state index in [1.165, 1.54) is 5.69 Å². The van der Waals surface area contributed by atoms with Crippen molar-refractivity contribution in [2.75, 3.05) is 7.11 Å². The number of aryl methyl sites for hydroxylation is 1. The van der Waals surface area contributed by atoms with Crippen LogP contribution in [0.4, 0.5) is 0 Å².